The number of aryl methyl sites for hydroxylation is 1. The van der Waals surface area contributed by atoms with E-state index in [0.717, 1.165) is 6.42 Å². The first-order valence-corrected chi connectivity index (χ1v) is 26.5. The van der Waals surface area contributed by atoms with Crippen LogP contribution in [-0.4, -0.2) is 6.71 Å². The maximum Gasteiger partial charge on any atom is 0.264 e. The topological polar surface area (TPSA) is 6.48 Å². The predicted octanol–water partition coefficient (Wildman–Crippen LogP) is 15.1. The zero-order valence-electron chi connectivity index (χ0n) is 42.9. The Morgan fingerprint density at radius 2 is 0.938 bits per heavy atom. The zero-order chi connectivity index (χ0) is 46.1. The number of anilines is 6. The summed E-state index contributed by atoms with van der Waals surface area (Å²) in [5, 5.41) is 0. The number of nitrogens with zero attached hydrogens (tertiary/aromatic N) is 2. The van der Waals surface area contributed by atoms with E-state index in [0.29, 0.717) is 0 Å². The standard InChI is InChI=1S/C61H75BN2S/c1-17-35-28-47-50-48(29-35)64-45-33-41-39(56(6,7)22-24-58(41,10)11)31-43(45)61(16)27-26-60(14,15)52-49(61)51(64)53(65-52)62(50)44-32-40-42(59(12,13)25-23-57(40,8)9)34-46(44)63(47)36-18-19-37-38(30-36)55(4,5)21-20-54(37,2)3/h18-19,28-34H,17,20-27H2,1-16H3. The lowest BCUT2D eigenvalue weighted by atomic mass is 9.35. The van der Waals surface area contributed by atoms with E-state index >= 15 is 0 Å². The Balaban J connectivity index is 1.22. The number of fused-ring (bicyclic) bond motifs is 10. The van der Waals surface area contributed by atoms with Crippen LogP contribution >= 0.6 is 11.3 Å². The summed E-state index contributed by atoms with van der Waals surface area (Å²) in [5.41, 5.74) is 26.3. The van der Waals surface area contributed by atoms with E-state index in [1.54, 1.807) is 43.0 Å². The highest BCUT2D eigenvalue weighted by Crippen LogP contribution is 2.64. The van der Waals surface area contributed by atoms with E-state index in [-0.39, 0.29) is 50.0 Å². The quantitative estimate of drug-likeness (QED) is 0.160. The van der Waals surface area contributed by atoms with Crippen molar-refractivity contribution in [2.75, 3.05) is 9.80 Å². The van der Waals surface area contributed by atoms with E-state index < -0.39 is 0 Å². The van der Waals surface area contributed by atoms with Gasteiger partial charge in [0.25, 0.3) is 6.71 Å². The smallest absolute Gasteiger partial charge is 0.264 e. The van der Waals surface area contributed by atoms with Crippen molar-refractivity contribution in [3.8, 4) is 0 Å². The molecule has 0 fully saturated rings. The van der Waals surface area contributed by atoms with Gasteiger partial charge in [0.2, 0.25) is 0 Å². The van der Waals surface area contributed by atoms with Gasteiger partial charge in [-0.1, -0.05) is 129 Å². The Bertz CT molecular complexity index is 2950. The molecular formula is C61H75BN2S. The van der Waals surface area contributed by atoms with Crippen LogP contribution < -0.4 is 25.5 Å². The second kappa shape index (κ2) is 12.7. The van der Waals surface area contributed by atoms with Crippen molar-refractivity contribution in [1.82, 2.24) is 0 Å². The molecule has 4 heterocycles. The molecule has 4 heteroatoms. The molecule has 0 saturated carbocycles. The normalized spacial score (nSPS) is 25.3. The van der Waals surface area contributed by atoms with Crippen LogP contribution in [-0.2, 0) is 49.7 Å². The summed E-state index contributed by atoms with van der Waals surface area (Å²) in [6, 6.07) is 23.9. The van der Waals surface area contributed by atoms with Crippen molar-refractivity contribution in [2.45, 2.75) is 212 Å². The predicted molar refractivity (Wildman–Crippen MR) is 282 cm³/mol. The summed E-state index contributed by atoms with van der Waals surface area (Å²) >= 11 is 2.20. The van der Waals surface area contributed by atoms with Crippen LogP contribution in [0.15, 0.2) is 54.6 Å². The number of hydrogen-bond donors (Lipinski definition) is 0. The van der Waals surface area contributed by atoms with E-state index in [1.807, 2.05) is 0 Å². The van der Waals surface area contributed by atoms with E-state index in [2.05, 4.69) is 187 Å². The first-order chi connectivity index (χ1) is 30.2. The molecule has 1 aromatic heterocycles. The summed E-state index contributed by atoms with van der Waals surface area (Å²) in [4.78, 5) is 7.27. The Morgan fingerprint density at radius 1 is 0.462 bits per heavy atom. The van der Waals surface area contributed by atoms with Crippen molar-refractivity contribution in [3.63, 3.8) is 0 Å². The van der Waals surface area contributed by atoms with Gasteiger partial charge in [0.15, 0.2) is 0 Å². The molecule has 0 radical (unpaired) electrons. The van der Waals surface area contributed by atoms with Crippen LogP contribution in [0.4, 0.5) is 34.1 Å². The van der Waals surface area contributed by atoms with Crippen molar-refractivity contribution in [2.24, 2.45) is 0 Å². The summed E-state index contributed by atoms with van der Waals surface area (Å²) < 4.78 is 1.58. The fraction of sp³-hybridized carbons (Fsp3) is 0.541. The monoisotopic (exact) mass is 879 g/mol. The van der Waals surface area contributed by atoms with Gasteiger partial charge in [0.05, 0.1) is 11.4 Å². The first kappa shape index (κ1) is 42.6. The van der Waals surface area contributed by atoms with Crippen LogP contribution in [0, 0.1) is 0 Å². The van der Waals surface area contributed by atoms with Crippen molar-refractivity contribution >= 4 is 67.9 Å². The highest BCUT2D eigenvalue weighted by molar-refractivity contribution is 7.29. The third kappa shape index (κ3) is 5.47. The molecule has 7 aliphatic rings. The van der Waals surface area contributed by atoms with Crippen LogP contribution in [0.1, 0.15) is 217 Å². The molecule has 4 aliphatic carbocycles. The minimum Gasteiger partial charge on any atom is -0.311 e. The highest BCUT2D eigenvalue weighted by atomic mass is 32.1. The van der Waals surface area contributed by atoms with Crippen LogP contribution in [0.25, 0.3) is 0 Å². The SMILES string of the molecule is CCc1cc2c3c(c1)N1c4cc5c(cc4C4(C)CCC(C)(C)c6sc(c1c64)B3c1cc3c(cc1N2c1ccc2c(c1)C(C)(C)CCC2(C)C)C(C)(C)CCC3(C)C)C(C)(C)CCC5(C)C. The molecule has 4 aromatic carbocycles. The summed E-state index contributed by atoms with van der Waals surface area (Å²) in [5.74, 6) is 0. The molecule has 0 N–H and O–H groups in total. The van der Waals surface area contributed by atoms with Gasteiger partial charge in [-0.05, 0) is 188 Å². The highest BCUT2D eigenvalue weighted by Gasteiger charge is 2.57. The summed E-state index contributed by atoms with van der Waals surface area (Å²) in [6.07, 6.45) is 10.7. The van der Waals surface area contributed by atoms with Gasteiger partial charge in [-0.3, -0.25) is 0 Å². The van der Waals surface area contributed by atoms with Gasteiger partial charge in [-0.25, -0.2) is 0 Å². The molecule has 338 valence electrons. The van der Waals surface area contributed by atoms with Gasteiger partial charge < -0.3 is 9.80 Å². The number of hydrogen-bond acceptors (Lipinski definition) is 3. The second-order valence-corrected chi connectivity index (χ2v) is 28.2. The molecule has 3 aliphatic heterocycles. The molecule has 12 rings (SSSR count). The maximum atomic E-state index is 2.86. The molecule has 1 atom stereocenters. The lowest BCUT2D eigenvalue weighted by molar-refractivity contribution is 0.328. The lowest BCUT2D eigenvalue weighted by Crippen LogP contribution is -2.61. The third-order valence-corrected chi connectivity index (χ3v) is 21.2. The van der Waals surface area contributed by atoms with Crippen molar-refractivity contribution in [1.29, 1.82) is 0 Å². The molecular weight excluding hydrogens is 804 g/mol. The fourth-order valence-electron chi connectivity index (χ4n) is 14.7. The Labute approximate surface area is 397 Å². The summed E-state index contributed by atoms with van der Waals surface area (Å²) in [6.45, 7) is 40.4. The van der Waals surface area contributed by atoms with E-state index in [4.69, 9.17) is 0 Å². The van der Waals surface area contributed by atoms with Crippen LogP contribution in [0.3, 0.4) is 0 Å². The third-order valence-electron chi connectivity index (χ3n) is 19.6. The minimum absolute atomic E-state index is 0.0503. The first-order valence-electron chi connectivity index (χ1n) is 25.7. The lowest BCUT2D eigenvalue weighted by Gasteiger charge is -2.52. The average molecular weight is 879 g/mol. The van der Waals surface area contributed by atoms with Crippen molar-refractivity contribution < 1.29 is 0 Å². The molecule has 0 spiro atoms. The fourth-order valence-corrected chi connectivity index (χ4v) is 16.3. The van der Waals surface area contributed by atoms with Gasteiger partial charge >= 0.3 is 0 Å². The minimum atomic E-state index is -0.0503. The molecule has 5 aromatic rings. The number of benzene rings is 4. The molecule has 1 unspecified atom stereocenters. The Kier molecular flexibility index (Phi) is 8.29. The van der Waals surface area contributed by atoms with Gasteiger partial charge in [0.1, 0.15) is 0 Å². The molecule has 65 heavy (non-hydrogen) atoms. The van der Waals surface area contributed by atoms with Gasteiger partial charge in [0, 0.05) is 43.4 Å². The molecule has 2 nitrogen and oxygen atoms in total. The van der Waals surface area contributed by atoms with Crippen LogP contribution in [0.2, 0.25) is 0 Å². The van der Waals surface area contributed by atoms with Gasteiger partial charge in [-0.15, -0.1) is 0 Å². The van der Waals surface area contributed by atoms with Gasteiger partial charge in [-0.2, -0.15) is 11.3 Å². The zero-order valence-corrected chi connectivity index (χ0v) is 43.8. The second-order valence-electron chi connectivity index (χ2n) is 27.1. The van der Waals surface area contributed by atoms with Crippen molar-refractivity contribution in [3.05, 3.63) is 110 Å². The largest absolute Gasteiger partial charge is 0.311 e. The van der Waals surface area contributed by atoms with E-state index in [9.17, 15) is 0 Å². The Morgan fingerprint density at radius 3 is 1.51 bits per heavy atom. The molecule has 0 bridgehead atoms. The molecule has 0 saturated heterocycles. The Hall–Kier alpha value is -3.76. The summed E-state index contributed by atoms with van der Waals surface area (Å²) in [7, 11) is 0. The maximum absolute atomic E-state index is 2.86. The van der Waals surface area contributed by atoms with Crippen LogP contribution in [0.5, 0.6) is 0 Å². The molecule has 0 amide bonds. The number of thiophene rings is 1. The van der Waals surface area contributed by atoms with E-state index in [1.165, 1.54) is 113 Å². The number of rotatable bonds is 2. The average Bonchev–Trinajstić information content (AvgIpc) is 3.66.